The lowest BCUT2D eigenvalue weighted by atomic mass is 9.85. The maximum absolute atomic E-state index is 14.4. The Hall–Kier alpha value is -2.98. The Bertz CT molecular complexity index is 1120. The fourth-order valence-electron chi connectivity index (χ4n) is 4.14. The Balaban J connectivity index is 2.32. The molecule has 0 aliphatic carbocycles. The summed E-state index contributed by atoms with van der Waals surface area (Å²) < 4.78 is 20.5. The smallest absolute Gasteiger partial charge is 0.130 e. The van der Waals surface area contributed by atoms with Gasteiger partial charge in [-0.1, -0.05) is 70.2 Å². The van der Waals surface area contributed by atoms with Gasteiger partial charge in [0, 0.05) is 34.0 Å². The second kappa shape index (κ2) is 10.8. The molecule has 3 nitrogen and oxygen atoms in total. The topological polar surface area (TPSA) is 42.4 Å². The normalized spacial score (nSPS) is 12.7. The van der Waals surface area contributed by atoms with Crippen LogP contribution in [0.3, 0.4) is 0 Å². The van der Waals surface area contributed by atoms with Crippen LogP contribution in [-0.4, -0.2) is 10.1 Å². The van der Waals surface area contributed by atoms with Crippen LogP contribution in [-0.2, 0) is 6.61 Å². The molecule has 1 atom stereocenters. The van der Waals surface area contributed by atoms with E-state index in [0.717, 1.165) is 39.2 Å². The van der Waals surface area contributed by atoms with Crippen LogP contribution in [0.2, 0.25) is 0 Å². The number of aromatic nitrogens is 1. The zero-order chi connectivity index (χ0) is 24.1. The van der Waals surface area contributed by atoms with Crippen molar-refractivity contribution < 1.29 is 14.2 Å². The number of aliphatic hydroxyl groups is 1. The van der Waals surface area contributed by atoms with Gasteiger partial charge in [0.1, 0.15) is 18.2 Å². The summed E-state index contributed by atoms with van der Waals surface area (Å²) in [6, 6.07) is 14.4. The first kappa shape index (κ1) is 24.7. The predicted molar refractivity (Wildman–Crippen MR) is 134 cm³/mol. The molecule has 0 radical (unpaired) electrons. The second-order valence-electron chi connectivity index (χ2n) is 8.98. The number of nitrogens with zero attached hydrogens (tertiary/aromatic N) is 1. The van der Waals surface area contributed by atoms with Crippen molar-refractivity contribution in [2.45, 2.75) is 66.1 Å². The first-order valence-corrected chi connectivity index (χ1v) is 11.6. The summed E-state index contributed by atoms with van der Waals surface area (Å²) in [6.07, 6.45) is 3.25. The Morgan fingerprint density at radius 1 is 0.970 bits per heavy atom. The van der Waals surface area contributed by atoms with Crippen molar-refractivity contribution in [2.24, 2.45) is 0 Å². The van der Waals surface area contributed by atoms with Gasteiger partial charge in [0.25, 0.3) is 0 Å². The molecular weight excluding hydrogens is 413 g/mol. The van der Waals surface area contributed by atoms with Gasteiger partial charge in [0.2, 0.25) is 0 Å². The van der Waals surface area contributed by atoms with E-state index in [0.29, 0.717) is 12.4 Å². The van der Waals surface area contributed by atoms with Gasteiger partial charge < -0.3 is 9.84 Å². The van der Waals surface area contributed by atoms with E-state index in [4.69, 9.17) is 9.72 Å². The quantitative estimate of drug-likeness (QED) is 0.383. The molecule has 33 heavy (non-hydrogen) atoms. The van der Waals surface area contributed by atoms with Crippen LogP contribution in [0.1, 0.15) is 87.6 Å². The highest BCUT2D eigenvalue weighted by Crippen LogP contribution is 2.43. The number of allylic oxidation sites excluding steroid dienone is 1. The molecule has 0 spiro atoms. The molecule has 0 bridgehead atoms. The summed E-state index contributed by atoms with van der Waals surface area (Å²) in [4.78, 5) is 5.01. The van der Waals surface area contributed by atoms with Crippen molar-refractivity contribution in [3.05, 3.63) is 88.5 Å². The summed E-state index contributed by atoms with van der Waals surface area (Å²) in [5, 5.41) is 10.9. The number of hydrogen-bond acceptors (Lipinski definition) is 3. The van der Waals surface area contributed by atoms with Crippen molar-refractivity contribution in [2.75, 3.05) is 0 Å². The van der Waals surface area contributed by atoms with Crippen molar-refractivity contribution in [1.29, 1.82) is 0 Å². The van der Waals surface area contributed by atoms with Crippen molar-refractivity contribution >= 4 is 6.08 Å². The minimum atomic E-state index is -0.748. The highest BCUT2D eigenvalue weighted by atomic mass is 19.1. The van der Waals surface area contributed by atoms with Crippen LogP contribution in [0, 0.1) is 5.82 Å². The molecule has 1 heterocycles. The van der Waals surface area contributed by atoms with E-state index >= 15 is 0 Å². The highest BCUT2D eigenvalue weighted by Gasteiger charge is 2.26. The van der Waals surface area contributed by atoms with Crippen LogP contribution in [0.4, 0.5) is 4.39 Å². The van der Waals surface area contributed by atoms with E-state index in [2.05, 4.69) is 27.7 Å². The molecule has 3 aromatic rings. The molecule has 0 aliphatic rings. The Kier molecular flexibility index (Phi) is 8.04. The van der Waals surface area contributed by atoms with Crippen LogP contribution in [0.15, 0.2) is 54.6 Å². The molecule has 0 saturated heterocycles. The number of pyridine rings is 1. The lowest BCUT2D eigenvalue weighted by Gasteiger charge is -2.26. The first-order chi connectivity index (χ1) is 15.7. The summed E-state index contributed by atoms with van der Waals surface area (Å²) in [7, 11) is 0. The van der Waals surface area contributed by atoms with Gasteiger partial charge >= 0.3 is 0 Å². The highest BCUT2D eigenvalue weighted by molar-refractivity contribution is 5.84. The van der Waals surface area contributed by atoms with E-state index in [-0.39, 0.29) is 17.7 Å². The third-order valence-corrected chi connectivity index (χ3v) is 5.63. The van der Waals surface area contributed by atoms with Crippen LogP contribution in [0.5, 0.6) is 5.75 Å². The summed E-state index contributed by atoms with van der Waals surface area (Å²) in [5.41, 5.74) is 6.11. The molecule has 1 N–H and O–H groups in total. The maximum Gasteiger partial charge on any atom is 0.130 e. The zero-order valence-corrected chi connectivity index (χ0v) is 20.4. The molecule has 1 aromatic heterocycles. The van der Waals surface area contributed by atoms with E-state index in [1.54, 1.807) is 13.0 Å². The molecule has 3 rings (SSSR count). The van der Waals surface area contributed by atoms with Crippen molar-refractivity contribution in [1.82, 2.24) is 4.98 Å². The number of hydrogen-bond donors (Lipinski definition) is 1. The molecule has 0 fully saturated rings. The Labute approximate surface area is 197 Å². The minimum Gasteiger partial charge on any atom is -0.488 e. The number of aliphatic hydroxyl groups excluding tert-OH is 1. The van der Waals surface area contributed by atoms with Gasteiger partial charge in [-0.3, -0.25) is 4.98 Å². The lowest BCUT2D eigenvalue weighted by molar-refractivity contribution is 0.197. The van der Waals surface area contributed by atoms with Gasteiger partial charge in [-0.25, -0.2) is 4.39 Å². The molecule has 0 unspecified atom stereocenters. The fraction of sp³-hybridized carbons (Fsp3) is 0.345. The average molecular weight is 448 g/mol. The molecule has 4 heteroatoms. The molecular formula is C29H34FNO2. The monoisotopic (exact) mass is 447 g/mol. The van der Waals surface area contributed by atoms with Gasteiger partial charge in [-0.05, 0) is 43.4 Å². The molecule has 2 aromatic carbocycles. The standard InChI is InChI=1S/C29H34FNO2/c1-7-11-24-27(26(20(6)32)29(19(4)5)31-28(24)18(2)3)23-15-14-22(30)16-25(23)33-17-21-12-9-8-10-13-21/h7-16,18-20,32H,17H2,1-6H3/b11-7-/t20-/m1/s1. The van der Waals surface area contributed by atoms with E-state index in [1.165, 1.54) is 12.1 Å². The summed E-state index contributed by atoms with van der Waals surface area (Å²) >= 11 is 0. The predicted octanol–water partition coefficient (Wildman–Crippen LogP) is 7.80. The zero-order valence-electron chi connectivity index (χ0n) is 20.4. The van der Waals surface area contributed by atoms with Crippen molar-refractivity contribution in [3.63, 3.8) is 0 Å². The number of ether oxygens (including phenoxy) is 1. The molecule has 0 saturated carbocycles. The van der Waals surface area contributed by atoms with E-state index in [1.807, 2.05) is 49.4 Å². The van der Waals surface area contributed by atoms with E-state index < -0.39 is 6.10 Å². The van der Waals surface area contributed by atoms with Crippen LogP contribution in [0.25, 0.3) is 17.2 Å². The Morgan fingerprint density at radius 3 is 2.21 bits per heavy atom. The number of rotatable bonds is 8. The first-order valence-electron chi connectivity index (χ1n) is 11.6. The van der Waals surface area contributed by atoms with Crippen LogP contribution >= 0.6 is 0 Å². The van der Waals surface area contributed by atoms with Gasteiger partial charge in [0.15, 0.2) is 0 Å². The minimum absolute atomic E-state index is 0.111. The van der Waals surface area contributed by atoms with E-state index in [9.17, 15) is 9.50 Å². The SMILES string of the molecule is C/C=C\c1c(C(C)C)nc(C(C)C)c([C@@H](C)O)c1-c1ccc(F)cc1OCc1ccccc1. The molecule has 0 aliphatic heterocycles. The number of benzene rings is 2. The van der Waals surface area contributed by atoms with Gasteiger partial charge in [-0.15, -0.1) is 0 Å². The van der Waals surface area contributed by atoms with Crippen LogP contribution < -0.4 is 4.74 Å². The maximum atomic E-state index is 14.4. The summed E-state index contributed by atoms with van der Waals surface area (Å²) in [5.74, 6) is 0.363. The number of halogens is 1. The average Bonchev–Trinajstić information content (AvgIpc) is 2.78. The van der Waals surface area contributed by atoms with Crippen molar-refractivity contribution in [3.8, 4) is 16.9 Å². The largest absolute Gasteiger partial charge is 0.488 e. The lowest BCUT2D eigenvalue weighted by Crippen LogP contribution is -2.13. The third kappa shape index (κ3) is 5.51. The van der Waals surface area contributed by atoms with Gasteiger partial charge in [-0.2, -0.15) is 0 Å². The second-order valence-corrected chi connectivity index (χ2v) is 8.98. The molecule has 174 valence electrons. The fourth-order valence-corrected chi connectivity index (χ4v) is 4.14. The Morgan fingerprint density at radius 2 is 1.64 bits per heavy atom. The third-order valence-electron chi connectivity index (χ3n) is 5.63. The molecule has 0 amide bonds. The van der Waals surface area contributed by atoms with Gasteiger partial charge in [0.05, 0.1) is 11.8 Å². The summed E-state index contributed by atoms with van der Waals surface area (Å²) in [6.45, 7) is 12.4.